The van der Waals surface area contributed by atoms with Crippen LogP contribution in [-0.2, 0) is 12.6 Å². The number of amides is 2. The number of hydrogen-bond acceptors (Lipinski definition) is 5. The van der Waals surface area contributed by atoms with Crippen LogP contribution < -0.4 is 21.3 Å². The van der Waals surface area contributed by atoms with E-state index < -0.39 is 17.7 Å². The molecule has 1 heterocycles. The van der Waals surface area contributed by atoms with E-state index in [-0.39, 0.29) is 18.3 Å². The molecule has 3 aromatic carbocycles. The Balaban J connectivity index is 1.60. The molecule has 0 aliphatic rings. The van der Waals surface area contributed by atoms with Crippen LogP contribution in [0.1, 0.15) is 29.5 Å². The van der Waals surface area contributed by atoms with Gasteiger partial charge in [-0.05, 0) is 36.1 Å². The maximum atomic E-state index is 11.4. The van der Waals surface area contributed by atoms with Crippen LogP contribution in [0.2, 0.25) is 0 Å². The number of aliphatic imine (C=N–C) groups is 1. The monoisotopic (exact) mass is 555 g/mol. The van der Waals surface area contributed by atoms with Crippen LogP contribution in [0.15, 0.2) is 102 Å². The SMILES string of the molecule is Cn1ncc(N(CCCCNC(c2ccccc2)(c2ccccc2)c2ccccc2)C(=NC(=O)O)NC(=O)O)c1N. The molecule has 41 heavy (non-hydrogen) atoms. The van der Waals surface area contributed by atoms with Crippen LogP contribution in [0, 0.1) is 0 Å². The molecule has 0 aliphatic carbocycles. The second-order valence-corrected chi connectivity index (χ2v) is 9.32. The Morgan fingerprint density at radius 3 is 1.83 bits per heavy atom. The molecule has 0 atom stereocenters. The van der Waals surface area contributed by atoms with E-state index in [0.717, 1.165) is 16.7 Å². The number of carboxylic acid groups (broad SMARTS) is 2. The van der Waals surface area contributed by atoms with Crippen molar-refractivity contribution >= 4 is 29.7 Å². The number of benzene rings is 3. The molecular formula is C30H33N7O4. The summed E-state index contributed by atoms with van der Waals surface area (Å²) in [6, 6.07) is 30.7. The summed E-state index contributed by atoms with van der Waals surface area (Å²) in [4.78, 5) is 27.7. The maximum absolute atomic E-state index is 11.4. The molecule has 1 aromatic heterocycles. The Labute approximate surface area is 238 Å². The van der Waals surface area contributed by atoms with Crippen molar-refractivity contribution in [3.05, 3.63) is 114 Å². The molecular weight excluding hydrogens is 522 g/mol. The Kier molecular flexibility index (Phi) is 9.33. The molecule has 0 spiro atoms. The van der Waals surface area contributed by atoms with Gasteiger partial charge in [-0.2, -0.15) is 5.10 Å². The molecule has 0 fully saturated rings. The molecule has 0 aliphatic heterocycles. The van der Waals surface area contributed by atoms with Crippen molar-refractivity contribution in [2.24, 2.45) is 12.0 Å². The number of aryl methyl sites for hydroxylation is 1. The normalized spacial score (nSPS) is 11.7. The van der Waals surface area contributed by atoms with Crippen molar-refractivity contribution in [2.45, 2.75) is 18.4 Å². The second kappa shape index (κ2) is 13.3. The van der Waals surface area contributed by atoms with Gasteiger partial charge in [0, 0.05) is 13.6 Å². The topological polar surface area (TPSA) is 158 Å². The van der Waals surface area contributed by atoms with Crippen LogP contribution in [0.3, 0.4) is 0 Å². The van der Waals surface area contributed by atoms with Gasteiger partial charge in [0.2, 0.25) is 5.96 Å². The first-order chi connectivity index (χ1) is 19.8. The van der Waals surface area contributed by atoms with Crippen LogP contribution in [-0.4, -0.2) is 51.2 Å². The number of guanidine groups is 1. The third kappa shape index (κ3) is 6.71. The van der Waals surface area contributed by atoms with Gasteiger partial charge in [-0.25, -0.2) is 9.59 Å². The number of carbonyl (C=O) groups is 2. The molecule has 6 N–H and O–H groups in total. The Bertz CT molecular complexity index is 1380. The lowest BCUT2D eigenvalue weighted by Crippen LogP contribution is -2.46. The van der Waals surface area contributed by atoms with Crippen LogP contribution >= 0.6 is 0 Å². The Morgan fingerprint density at radius 1 is 0.902 bits per heavy atom. The fourth-order valence-electron chi connectivity index (χ4n) is 4.87. The highest BCUT2D eigenvalue weighted by molar-refractivity contribution is 6.08. The van der Waals surface area contributed by atoms with E-state index in [9.17, 15) is 19.8 Å². The number of unbranched alkanes of at least 4 members (excludes halogenated alkanes) is 1. The minimum atomic E-state index is -1.54. The average Bonchev–Trinajstić information content (AvgIpc) is 3.31. The van der Waals surface area contributed by atoms with Gasteiger partial charge in [-0.3, -0.25) is 15.3 Å². The van der Waals surface area contributed by atoms with Gasteiger partial charge in [0.15, 0.2) is 0 Å². The zero-order valence-electron chi connectivity index (χ0n) is 22.6. The van der Waals surface area contributed by atoms with Gasteiger partial charge in [0.1, 0.15) is 11.5 Å². The molecule has 0 unspecified atom stereocenters. The van der Waals surface area contributed by atoms with Crippen LogP contribution in [0.5, 0.6) is 0 Å². The number of anilines is 2. The largest absolute Gasteiger partial charge is 0.465 e. The molecule has 0 saturated carbocycles. The molecule has 0 saturated heterocycles. The Morgan fingerprint density at radius 2 is 1.41 bits per heavy atom. The summed E-state index contributed by atoms with van der Waals surface area (Å²) in [5.41, 5.74) is 9.13. The smallest absolute Gasteiger partial charge is 0.434 e. The van der Waals surface area contributed by atoms with Crippen molar-refractivity contribution in [1.82, 2.24) is 20.4 Å². The molecule has 0 bridgehead atoms. The molecule has 212 valence electrons. The van der Waals surface area contributed by atoms with E-state index in [0.29, 0.717) is 25.1 Å². The molecule has 11 nitrogen and oxygen atoms in total. The minimum absolute atomic E-state index is 0.235. The van der Waals surface area contributed by atoms with Gasteiger partial charge in [0.25, 0.3) is 0 Å². The molecule has 2 amide bonds. The van der Waals surface area contributed by atoms with Crippen molar-refractivity contribution in [3.8, 4) is 0 Å². The highest BCUT2D eigenvalue weighted by atomic mass is 16.4. The predicted molar refractivity (Wildman–Crippen MR) is 158 cm³/mol. The lowest BCUT2D eigenvalue weighted by molar-refractivity contribution is 0.200. The van der Waals surface area contributed by atoms with E-state index in [1.165, 1.54) is 15.8 Å². The standard InChI is InChI=1S/C30H33N7O4/c1-36-26(31)25(21-33-36)37(27(34-28(38)39)35-29(40)41)20-12-11-19-32-30(22-13-5-2-6-14-22,23-15-7-3-8-16-23)24-17-9-4-10-18-24/h2-10,13-18,21,32H,11-12,19-20,31H2,1H3,(H,34,35)(H,38,39)(H,40,41). The minimum Gasteiger partial charge on any atom is -0.465 e. The number of nitrogen functional groups attached to an aromatic ring is 1. The number of rotatable bonds is 10. The van der Waals surface area contributed by atoms with Gasteiger partial charge in [-0.1, -0.05) is 91.0 Å². The zero-order chi connectivity index (χ0) is 29.2. The fourth-order valence-corrected chi connectivity index (χ4v) is 4.87. The third-order valence-electron chi connectivity index (χ3n) is 6.75. The summed E-state index contributed by atoms with van der Waals surface area (Å²) in [5.74, 6) is -0.130. The van der Waals surface area contributed by atoms with Crippen molar-refractivity contribution in [2.75, 3.05) is 23.7 Å². The average molecular weight is 556 g/mol. The highest BCUT2D eigenvalue weighted by Gasteiger charge is 2.35. The summed E-state index contributed by atoms with van der Waals surface area (Å²) in [5, 5.41) is 28.6. The van der Waals surface area contributed by atoms with Gasteiger partial charge < -0.3 is 20.8 Å². The molecule has 11 heteroatoms. The number of nitrogens with zero attached hydrogens (tertiary/aromatic N) is 4. The predicted octanol–water partition coefficient (Wildman–Crippen LogP) is 4.47. The quantitative estimate of drug-likeness (QED) is 0.0830. The van der Waals surface area contributed by atoms with Crippen molar-refractivity contribution in [1.29, 1.82) is 0 Å². The second-order valence-electron chi connectivity index (χ2n) is 9.32. The lowest BCUT2D eigenvalue weighted by Gasteiger charge is -2.37. The van der Waals surface area contributed by atoms with Crippen LogP contribution in [0.25, 0.3) is 0 Å². The van der Waals surface area contributed by atoms with E-state index in [1.54, 1.807) is 7.05 Å². The van der Waals surface area contributed by atoms with E-state index in [4.69, 9.17) is 5.73 Å². The fraction of sp³-hybridized carbons (Fsp3) is 0.200. The number of aromatic nitrogens is 2. The zero-order valence-corrected chi connectivity index (χ0v) is 22.6. The van der Waals surface area contributed by atoms with Gasteiger partial charge in [0.05, 0.1) is 11.7 Å². The highest BCUT2D eigenvalue weighted by Crippen LogP contribution is 2.36. The lowest BCUT2D eigenvalue weighted by atomic mass is 9.77. The summed E-state index contributed by atoms with van der Waals surface area (Å²) >= 11 is 0. The first-order valence-electron chi connectivity index (χ1n) is 13.1. The molecule has 4 aromatic rings. The van der Waals surface area contributed by atoms with E-state index in [2.05, 4.69) is 57.1 Å². The first kappa shape index (κ1) is 28.8. The summed E-state index contributed by atoms with van der Waals surface area (Å²) in [6.45, 7) is 0.825. The molecule has 0 radical (unpaired) electrons. The number of nitrogens with two attached hydrogens (primary N) is 1. The van der Waals surface area contributed by atoms with Crippen molar-refractivity contribution < 1.29 is 19.8 Å². The van der Waals surface area contributed by atoms with Crippen LogP contribution in [0.4, 0.5) is 21.1 Å². The third-order valence-corrected chi connectivity index (χ3v) is 6.75. The summed E-state index contributed by atoms with van der Waals surface area (Å²) < 4.78 is 1.41. The molecule has 4 rings (SSSR count). The number of hydrogen-bond donors (Lipinski definition) is 5. The van der Waals surface area contributed by atoms with E-state index >= 15 is 0 Å². The summed E-state index contributed by atoms with van der Waals surface area (Å²) in [7, 11) is 1.63. The Hall–Kier alpha value is -5.16. The van der Waals surface area contributed by atoms with E-state index in [1.807, 2.05) is 54.6 Å². The first-order valence-corrected chi connectivity index (χ1v) is 13.1. The summed E-state index contributed by atoms with van der Waals surface area (Å²) in [6.07, 6.45) is -0.327. The van der Waals surface area contributed by atoms with Gasteiger partial charge in [-0.15, -0.1) is 4.99 Å². The van der Waals surface area contributed by atoms with Gasteiger partial charge >= 0.3 is 12.2 Å². The maximum Gasteiger partial charge on any atom is 0.434 e. The number of nitrogens with one attached hydrogen (secondary N) is 2. The van der Waals surface area contributed by atoms with Crippen molar-refractivity contribution in [3.63, 3.8) is 0 Å².